The third-order valence-corrected chi connectivity index (χ3v) is 4.76. The molecule has 106 valence electrons. The number of aryl methyl sites for hydroxylation is 2. The van der Waals surface area contributed by atoms with Gasteiger partial charge in [0.1, 0.15) is 5.82 Å². The molecule has 1 aliphatic rings. The highest BCUT2D eigenvalue weighted by molar-refractivity contribution is 7.98. The van der Waals surface area contributed by atoms with E-state index in [1.165, 1.54) is 29.7 Å². The van der Waals surface area contributed by atoms with Gasteiger partial charge in [0.15, 0.2) is 0 Å². The molecule has 0 bridgehead atoms. The number of hydrogen-bond donors (Lipinski definition) is 1. The molecule has 0 radical (unpaired) electrons. The zero-order valence-corrected chi connectivity index (χ0v) is 13.1. The van der Waals surface area contributed by atoms with Crippen LogP contribution in [-0.4, -0.2) is 30.1 Å². The van der Waals surface area contributed by atoms with Crippen LogP contribution in [-0.2, 0) is 19.4 Å². The van der Waals surface area contributed by atoms with Crippen molar-refractivity contribution < 1.29 is 0 Å². The standard InChI is InChI=1S/C15H25N3S/c1-4-13(10-19-3)18(2)15-12(9-16)8-11-6-5-7-14(11)17-15/h8,13H,4-7,9-10,16H2,1-3H3. The van der Waals surface area contributed by atoms with Crippen molar-refractivity contribution in [3.63, 3.8) is 0 Å². The van der Waals surface area contributed by atoms with Crippen LogP contribution in [0.4, 0.5) is 5.82 Å². The molecule has 0 amide bonds. The van der Waals surface area contributed by atoms with Crippen molar-refractivity contribution in [1.29, 1.82) is 0 Å². The van der Waals surface area contributed by atoms with E-state index in [-0.39, 0.29) is 0 Å². The highest BCUT2D eigenvalue weighted by Crippen LogP contribution is 2.28. The summed E-state index contributed by atoms with van der Waals surface area (Å²) in [6, 6.07) is 2.82. The van der Waals surface area contributed by atoms with Gasteiger partial charge in [-0.2, -0.15) is 11.8 Å². The second-order valence-electron chi connectivity index (χ2n) is 5.26. The lowest BCUT2D eigenvalue weighted by Crippen LogP contribution is -2.35. The summed E-state index contributed by atoms with van der Waals surface area (Å²) in [5.74, 6) is 2.24. The summed E-state index contributed by atoms with van der Waals surface area (Å²) in [7, 11) is 2.16. The number of rotatable bonds is 6. The molecule has 2 N–H and O–H groups in total. The molecular weight excluding hydrogens is 254 g/mol. The monoisotopic (exact) mass is 279 g/mol. The number of anilines is 1. The van der Waals surface area contributed by atoms with E-state index in [0.29, 0.717) is 12.6 Å². The van der Waals surface area contributed by atoms with Crippen molar-refractivity contribution in [3.05, 3.63) is 22.9 Å². The van der Waals surface area contributed by atoms with Gasteiger partial charge in [-0.15, -0.1) is 0 Å². The van der Waals surface area contributed by atoms with Gasteiger partial charge in [0, 0.05) is 36.6 Å². The van der Waals surface area contributed by atoms with Crippen molar-refractivity contribution in [2.75, 3.05) is 24.0 Å². The minimum Gasteiger partial charge on any atom is -0.356 e. The molecule has 2 rings (SSSR count). The highest BCUT2D eigenvalue weighted by Gasteiger charge is 2.21. The first-order valence-electron chi connectivity index (χ1n) is 7.14. The van der Waals surface area contributed by atoms with Crippen LogP contribution in [0.5, 0.6) is 0 Å². The quantitative estimate of drug-likeness (QED) is 0.869. The van der Waals surface area contributed by atoms with E-state index in [9.17, 15) is 0 Å². The van der Waals surface area contributed by atoms with E-state index < -0.39 is 0 Å². The average Bonchev–Trinajstić information content (AvgIpc) is 2.89. The minimum absolute atomic E-state index is 0.534. The molecule has 0 aliphatic heterocycles. The van der Waals surface area contributed by atoms with Gasteiger partial charge in [-0.1, -0.05) is 6.92 Å². The lowest BCUT2D eigenvalue weighted by molar-refractivity contribution is 0.661. The Kier molecular flexibility index (Phi) is 5.11. The van der Waals surface area contributed by atoms with E-state index in [2.05, 4.69) is 31.2 Å². The second-order valence-corrected chi connectivity index (χ2v) is 6.17. The molecule has 0 fully saturated rings. The number of hydrogen-bond acceptors (Lipinski definition) is 4. The Morgan fingerprint density at radius 1 is 1.47 bits per heavy atom. The summed E-state index contributed by atoms with van der Waals surface area (Å²) in [5.41, 5.74) is 9.83. The number of thioether (sulfide) groups is 1. The molecule has 3 nitrogen and oxygen atoms in total. The fourth-order valence-corrected chi connectivity index (χ4v) is 3.68. The summed E-state index contributed by atoms with van der Waals surface area (Å²) in [6.07, 6.45) is 6.83. The Bertz CT molecular complexity index is 434. The zero-order chi connectivity index (χ0) is 13.8. The zero-order valence-electron chi connectivity index (χ0n) is 12.3. The van der Waals surface area contributed by atoms with E-state index in [1.54, 1.807) is 0 Å². The molecule has 0 spiro atoms. The highest BCUT2D eigenvalue weighted by atomic mass is 32.2. The fourth-order valence-electron chi connectivity index (χ4n) is 2.83. The van der Waals surface area contributed by atoms with Crippen LogP contribution in [0.3, 0.4) is 0 Å². The van der Waals surface area contributed by atoms with Crippen LogP contribution in [0.2, 0.25) is 0 Å². The van der Waals surface area contributed by atoms with Crippen molar-refractivity contribution in [2.45, 2.75) is 45.2 Å². The first kappa shape index (κ1) is 14.7. The maximum absolute atomic E-state index is 5.93. The number of nitrogens with zero attached hydrogens (tertiary/aromatic N) is 2. The van der Waals surface area contributed by atoms with Crippen molar-refractivity contribution >= 4 is 17.6 Å². The van der Waals surface area contributed by atoms with Gasteiger partial charge >= 0.3 is 0 Å². The van der Waals surface area contributed by atoms with Crippen LogP contribution in [0.1, 0.15) is 36.6 Å². The van der Waals surface area contributed by atoms with E-state index in [0.717, 1.165) is 24.4 Å². The first-order valence-corrected chi connectivity index (χ1v) is 8.54. The van der Waals surface area contributed by atoms with Crippen molar-refractivity contribution in [2.24, 2.45) is 5.73 Å². The lowest BCUT2D eigenvalue weighted by atomic mass is 10.1. The Hall–Kier alpha value is -0.740. The summed E-state index contributed by atoms with van der Waals surface area (Å²) < 4.78 is 0. The van der Waals surface area contributed by atoms with Gasteiger partial charge in [-0.3, -0.25) is 0 Å². The maximum Gasteiger partial charge on any atom is 0.133 e. The molecule has 1 aromatic rings. The predicted molar refractivity (Wildman–Crippen MR) is 85.0 cm³/mol. The number of fused-ring (bicyclic) bond motifs is 1. The molecule has 1 atom stereocenters. The average molecular weight is 279 g/mol. The molecule has 1 unspecified atom stereocenters. The normalized spacial score (nSPS) is 15.4. The summed E-state index contributed by atoms with van der Waals surface area (Å²) in [6.45, 7) is 2.82. The van der Waals surface area contributed by atoms with Crippen LogP contribution in [0, 0.1) is 0 Å². The number of aromatic nitrogens is 1. The molecule has 0 aromatic carbocycles. The lowest BCUT2D eigenvalue weighted by Gasteiger charge is -2.30. The van der Waals surface area contributed by atoms with Crippen LogP contribution in [0.15, 0.2) is 6.07 Å². The maximum atomic E-state index is 5.93. The third-order valence-electron chi connectivity index (χ3n) is 4.04. The van der Waals surface area contributed by atoms with Gasteiger partial charge in [-0.25, -0.2) is 4.98 Å². The van der Waals surface area contributed by atoms with Gasteiger partial charge < -0.3 is 10.6 Å². The van der Waals surface area contributed by atoms with E-state index >= 15 is 0 Å². The Labute approximate surface area is 121 Å². The summed E-state index contributed by atoms with van der Waals surface area (Å²) in [5, 5.41) is 0. The summed E-state index contributed by atoms with van der Waals surface area (Å²) >= 11 is 1.90. The largest absolute Gasteiger partial charge is 0.356 e. The topological polar surface area (TPSA) is 42.2 Å². The smallest absolute Gasteiger partial charge is 0.133 e. The van der Waals surface area contributed by atoms with Crippen LogP contribution >= 0.6 is 11.8 Å². The Balaban J connectivity index is 2.32. The van der Waals surface area contributed by atoms with Crippen LogP contribution < -0.4 is 10.6 Å². The Morgan fingerprint density at radius 2 is 2.26 bits per heavy atom. The third kappa shape index (κ3) is 3.06. The SMILES string of the molecule is CCC(CSC)N(C)c1nc2c(cc1CN)CCC2. The van der Waals surface area contributed by atoms with Gasteiger partial charge in [-0.05, 0) is 43.6 Å². The first-order chi connectivity index (χ1) is 9.21. The van der Waals surface area contributed by atoms with Crippen molar-refractivity contribution in [3.8, 4) is 0 Å². The van der Waals surface area contributed by atoms with E-state index in [1.807, 2.05) is 11.8 Å². The Morgan fingerprint density at radius 3 is 2.89 bits per heavy atom. The van der Waals surface area contributed by atoms with Gasteiger partial charge in [0.05, 0.1) is 0 Å². The molecule has 0 saturated carbocycles. The van der Waals surface area contributed by atoms with Gasteiger partial charge in [0.2, 0.25) is 0 Å². The summed E-state index contributed by atoms with van der Waals surface area (Å²) in [4.78, 5) is 7.24. The predicted octanol–water partition coefficient (Wildman–Crippen LogP) is 2.61. The molecular formula is C15H25N3S. The minimum atomic E-state index is 0.534. The second kappa shape index (κ2) is 6.62. The number of pyridine rings is 1. The van der Waals surface area contributed by atoms with Crippen LogP contribution in [0.25, 0.3) is 0 Å². The number of nitrogens with two attached hydrogens (primary N) is 1. The van der Waals surface area contributed by atoms with E-state index in [4.69, 9.17) is 10.7 Å². The molecule has 0 saturated heterocycles. The molecule has 1 heterocycles. The van der Waals surface area contributed by atoms with Crippen molar-refractivity contribution in [1.82, 2.24) is 4.98 Å². The molecule has 1 aliphatic carbocycles. The fraction of sp³-hybridized carbons (Fsp3) is 0.667. The molecule has 1 aromatic heterocycles. The molecule has 19 heavy (non-hydrogen) atoms. The molecule has 4 heteroatoms. The van der Waals surface area contributed by atoms with Gasteiger partial charge in [0.25, 0.3) is 0 Å².